The van der Waals surface area contributed by atoms with Crippen LogP contribution in [0, 0.1) is 11.8 Å². The second-order valence-corrected chi connectivity index (χ2v) is 12.8. The number of Topliss-reactive ketones (excluding diaryl/α,β-unsaturated/α-hetero) is 2. The minimum absolute atomic E-state index is 0.0625. The van der Waals surface area contributed by atoms with Gasteiger partial charge in [0, 0.05) is 30.8 Å². The second kappa shape index (κ2) is 12.1. The van der Waals surface area contributed by atoms with E-state index in [1.54, 1.807) is 58.9 Å². The first-order chi connectivity index (χ1) is 19.6. The summed E-state index contributed by atoms with van der Waals surface area (Å²) in [4.78, 5) is 67.3. The predicted molar refractivity (Wildman–Crippen MR) is 157 cm³/mol. The van der Waals surface area contributed by atoms with Crippen molar-refractivity contribution in [2.75, 3.05) is 7.11 Å². The summed E-state index contributed by atoms with van der Waals surface area (Å²) < 4.78 is 10.7. The Morgan fingerprint density at radius 3 is 2.17 bits per heavy atom. The Morgan fingerprint density at radius 2 is 1.64 bits per heavy atom. The van der Waals surface area contributed by atoms with Gasteiger partial charge in [0.25, 0.3) is 0 Å². The number of ether oxygens (including phenoxy) is 2. The number of hydrogen-bond acceptors (Lipinski definition) is 9. The van der Waals surface area contributed by atoms with Gasteiger partial charge in [-0.15, -0.1) is 0 Å². The van der Waals surface area contributed by atoms with Crippen LogP contribution in [0.4, 0.5) is 4.79 Å². The molecule has 0 spiro atoms. The first kappa shape index (κ1) is 32.6. The number of carbonyl (C=O) groups excluding carboxylic acids is 5. The maximum Gasteiger partial charge on any atom is 0.408 e. The van der Waals surface area contributed by atoms with E-state index in [0.717, 1.165) is 0 Å². The van der Waals surface area contributed by atoms with Gasteiger partial charge in [0.15, 0.2) is 17.1 Å². The number of carbonyl (C=O) groups is 5. The van der Waals surface area contributed by atoms with Gasteiger partial charge in [-0.25, -0.2) is 9.59 Å². The average molecular weight is 582 g/mol. The van der Waals surface area contributed by atoms with E-state index in [1.165, 1.54) is 19.5 Å². The summed E-state index contributed by atoms with van der Waals surface area (Å²) in [6, 6.07) is 8.90. The third-order valence-corrected chi connectivity index (χ3v) is 7.72. The van der Waals surface area contributed by atoms with Crippen LogP contribution >= 0.6 is 0 Å². The minimum atomic E-state index is -1.99. The molecule has 0 unspecified atom stereocenters. The van der Waals surface area contributed by atoms with Crippen molar-refractivity contribution in [3.05, 3.63) is 59.4 Å². The summed E-state index contributed by atoms with van der Waals surface area (Å²) in [5.41, 5.74) is -4.92. The van der Waals surface area contributed by atoms with Crippen LogP contribution in [0.1, 0.15) is 66.9 Å². The summed E-state index contributed by atoms with van der Waals surface area (Å²) in [6.45, 7) is 12.5. The molecule has 10 nitrogen and oxygen atoms in total. The van der Waals surface area contributed by atoms with Crippen molar-refractivity contribution >= 4 is 29.9 Å². The minimum Gasteiger partial charge on any atom is -0.467 e. The molecule has 0 bridgehead atoms. The molecule has 0 aromatic heterocycles. The van der Waals surface area contributed by atoms with Crippen molar-refractivity contribution in [2.45, 2.75) is 89.9 Å². The highest BCUT2D eigenvalue weighted by atomic mass is 16.6. The van der Waals surface area contributed by atoms with Crippen molar-refractivity contribution in [2.24, 2.45) is 11.8 Å². The van der Waals surface area contributed by atoms with Crippen LogP contribution in [0.5, 0.6) is 0 Å². The summed E-state index contributed by atoms with van der Waals surface area (Å²) >= 11 is 0. The van der Waals surface area contributed by atoms with Crippen LogP contribution in [0.25, 0.3) is 0 Å². The van der Waals surface area contributed by atoms with Crippen LogP contribution < -0.4 is 16.0 Å². The fraction of sp³-hybridized carbons (Fsp3) is 0.531. The molecule has 228 valence electrons. The number of nitrogens with one attached hydrogen (secondary N) is 3. The Bertz CT molecular complexity index is 1290. The van der Waals surface area contributed by atoms with Crippen molar-refractivity contribution in [3.63, 3.8) is 0 Å². The van der Waals surface area contributed by atoms with Gasteiger partial charge >= 0.3 is 12.1 Å². The van der Waals surface area contributed by atoms with Crippen molar-refractivity contribution in [1.82, 2.24) is 16.0 Å². The van der Waals surface area contributed by atoms with Crippen LogP contribution in [-0.2, 0) is 35.1 Å². The number of alkyl carbamates (subject to hydrolysis) is 1. The lowest BCUT2D eigenvalue weighted by molar-refractivity contribution is -0.148. The van der Waals surface area contributed by atoms with Crippen LogP contribution in [0.2, 0.25) is 0 Å². The molecule has 1 amide bonds. The van der Waals surface area contributed by atoms with E-state index >= 15 is 0 Å². The van der Waals surface area contributed by atoms with Crippen LogP contribution in [0.3, 0.4) is 0 Å². The van der Waals surface area contributed by atoms with Gasteiger partial charge in [-0.2, -0.15) is 0 Å². The molecule has 3 atom stereocenters. The molecule has 1 aromatic rings. The van der Waals surface area contributed by atoms with Crippen molar-refractivity contribution < 1.29 is 33.4 Å². The Balaban J connectivity index is 2.16. The topological polar surface area (TPSA) is 140 Å². The van der Waals surface area contributed by atoms with Gasteiger partial charge in [-0.05, 0) is 44.6 Å². The van der Waals surface area contributed by atoms with Gasteiger partial charge in [0.2, 0.25) is 0 Å². The third kappa shape index (κ3) is 5.98. The quantitative estimate of drug-likeness (QED) is 0.264. The molecule has 3 rings (SSSR count). The predicted octanol–water partition coefficient (Wildman–Crippen LogP) is 3.55. The largest absolute Gasteiger partial charge is 0.467 e. The normalized spacial score (nSPS) is 23.5. The molecule has 0 fully saturated rings. The zero-order valence-corrected chi connectivity index (χ0v) is 25.8. The highest BCUT2D eigenvalue weighted by Gasteiger charge is 2.61. The van der Waals surface area contributed by atoms with E-state index in [9.17, 15) is 24.0 Å². The monoisotopic (exact) mass is 581 g/mol. The van der Waals surface area contributed by atoms with E-state index in [2.05, 4.69) is 16.0 Å². The molecule has 2 aliphatic heterocycles. The van der Waals surface area contributed by atoms with Gasteiger partial charge in [0.05, 0.1) is 12.7 Å². The van der Waals surface area contributed by atoms with Gasteiger partial charge in [-0.1, -0.05) is 58.0 Å². The van der Waals surface area contributed by atoms with Gasteiger partial charge in [0.1, 0.15) is 23.0 Å². The van der Waals surface area contributed by atoms with E-state index in [1.807, 2.05) is 19.9 Å². The Labute approximate surface area is 247 Å². The SMILES string of the molecule is COC(=O)[C@@](Cc1ccccc1)(NC(=O)OC(C)(C)C)C1=CN[C@](C2=CN[C@](CC=O)(CC(C)C)C2=O)(C(C)C)C1=O. The zero-order chi connectivity index (χ0) is 31.5. The van der Waals surface area contributed by atoms with Crippen molar-refractivity contribution in [1.29, 1.82) is 0 Å². The molecule has 0 saturated carbocycles. The summed E-state index contributed by atoms with van der Waals surface area (Å²) in [7, 11) is 1.18. The molecule has 0 aliphatic carbocycles. The molecular formula is C32H43N3O7. The Kier molecular flexibility index (Phi) is 9.39. The van der Waals surface area contributed by atoms with E-state index in [0.29, 0.717) is 18.3 Å². The third-order valence-electron chi connectivity index (χ3n) is 7.72. The molecular weight excluding hydrogens is 538 g/mol. The van der Waals surface area contributed by atoms with Crippen LogP contribution in [-0.4, -0.2) is 59.2 Å². The fourth-order valence-corrected chi connectivity index (χ4v) is 5.90. The number of aldehydes is 1. The standard InChI is InChI=1S/C32H43N3O7/c1-20(2)16-30(14-15-36)25(37)24(19-33-30)32(21(3)4)26(38)23(18-34-32)31(27(39)41-8,17-22-12-10-9-11-13-22)35-28(40)42-29(5,6)7/h9-13,15,18-21,33-34H,14,16-17H2,1-8H3,(H,35,40)/t30-,31+,32+/m1/s1. The molecule has 2 aliphatic rings. The number of benzene rings is 1. The molecule has 3 N–H and O–H groups in total. The lowest BCUT2D eigenvalue weighted by Crippen LogP contribution is -2.62. The number of ketones is 2. The summed E-state index contributed by atoms with van der Waals surface area (Å²) in [5.74, 6) is -2.20. The first-order valence-corrected chi connectivity index (χ1v) is 14.2. The lowest BCUT2D eigenvalue weighted by atomic mass is 9.69. The molecule has 1 aromatic carbocycles. The van der Waals surface area contributed by atoms with Crippen LogP contribution in [0.15, 0.2) is 53.9 Å². The number of amides is 1. The average Bonchev–Trinajstić information content (AvgIpc) is 3.40. The fourth-order valence-electron chi connectivity index (χ4n) is 5.90. The maximum absolute atomic E-state index is 14.7. The van der Waals surface area contributed by atoms with E-state index in [-0.39, 0.29) is 35.7 Å². The first-order valence-electron chi connectivity index (χ1n) is 14.2. The second-order valence-electron chi connectivity index (χ2n) is 12.8. The number of esters is 1. The molecule has 0 radical (unpaired) electrons. The Hall–Kier alpha value is -3.95. The lowest BCUT2D eigenvalue weighted by Gasteiger charge is -2.38. The molecule has 42 heavy (non-hydrogen) atoms. The summed E-state index contributed by atoms with van der Waals surface area (Å²) in [5, 5.41) is 8.93. The highest BCUT2D eigenvalue weighted by Crippen LogP contribution is 2.43. The highest BCUT2D eigenvalue weighted by molar-refractivity contribution is 6.21. The molecule has 2 heterocycles. The zero-order valence-electron chi connectivity index (χ0n) is 25.8. The van der Waals surface area contributed by atoms with Crippen molar-refractivity contribution in [3.8, 4) is 0 Å². The number of methoxy groups -OCH3 is 1. The maximum atomic E-state index is 14.7. The van der Waals surface area contributed by atoms with E-state index in [4.69, 9.17) is 9.47 Å². The van der Waals surface area contributed by atoms with Gasteiger partial charge < -0.3 is 30.2 Å². The molecule has 0 saturated heterocycles. The summed E-state index contributed by atoms with van der Waals surface area (Å²) in [6.07, 6.45) is 2.87. The smallest absolute Gasteiger partial charge is 0.408 e. The van der Waals surface area contributed by atoms with E-state index < -0.39 is 46.0 Å². The van der Waals surface area contributed by atoms with Gasteiger partial charge in [-0.3, -0.25) is 9.59 Å². The molecule has 10 heteroatoms. The number of hydrogen-bond donors (Lipinski definition) is 3. The number of rotatable bonds is 11. The Morgan fingerprint density at radius 1 is 1.00 bits per heavy atom.